The van der Waals surface area contributed by atoms with Crippen LogP contribution in [0.3, 0.4) is 0 Å². The molecule has 0 radical (unpaired) electrons. The van der Waals surface area contributed by atoms with Gasteiger partial charge < -0.3 is 15.2 Å². The molecule has 0 spiro atoms. The number of carbonyl (C=O) groups is 1. The highest BCUT2D eigenvalue weighted by Crippen LogP contribution is 2.57. The van der Waals surface area contributed by atoms with Crippen LogP contribution in [0.25, 0.3) is 0 Å². The molecule has 1 amide bonds. The molecule has 0 bridgehead atoms. The summed E-state index contributed by atoms with van der Waals surface area (Å²) < 4.78 is 12.2. The van der Waals surface area contributed by atoms with Gasteiger partial charge in [-0.1, -0.05) is 27.7 Å². The number of carbonyl (C=O) groups excluding carboxylic acids is 1. The van der Waals surface area contributed by atoms with Crippen molar-refractivity contribution in [2.75, 3.05) is 0 Å². The van der Waals surface area contributed by atoms with Crippen LogP contribution in [0.1, 0.15) is 33.3 Å². The maximum Gasteiger partial charge on any atom is 0.404 e. The highest BCUT2D eigenvalue weighted by Gasteiger charge is 2.66. The van der Waals surface area contributed by atoms with Crippen molar-refractivity contribution in [3.8, 4) is 11.8 Å². The van der Waals surface area contributed by atoms with Gasteiger partial charge >= 0.3 is 6.09 Å². The molecule has 1 saturated carbocycles. The number of nitriles is 1. The molecule has 6 heteroatoms. The molecule has 0 aliphatic heterocycles. The van der Waals surface area contributed by atoms with Gasteiger partial charge in [-0.15, -0.1) is 0 Å². The van der Waals surface area contributed by atoms with Crippen molar-refractivity contribution in [3.63, 3.8) is 0 Å². The molecule has 118 valence electrons. The molecule has 0 aromatic heterocycles. The number of rotatable bonds is 3. The summed E-state index contributed by atoms with van der Waals surface area (Å²) in [6, 6.07) is 7.50. The quantitative estimate of drug-likeness (QED) is 0.768. The number of halogens is 1. The van der Waals surface area contributed by atoms with Crippen molar-refractivity contribution in [1.82, 2.24) is 0 Å². The Hall–Kier alpha value is -1.49. The minimum Gasteiger partial charge on any atom is -0.489 e. The van der Waals surface area contributed by atoms with E-state index in [0.717, 1.165) is 3.57 Å². The smallest absolute Gasteiger partial charge is 0.404 e. The SMILES string of the molecule is CC1(C)C(OC(N)=O)C(C)(C)C1Oc1ccc(C#N)c(I)c1. The Bertz CT molecular complexity index is 633. The first kappa shape index (κ1) is 16.9. The number of hydrogen-bond acceptors (Lipinski definition) is 4. The monoisotopic (exact) mass is 414 g/mol. The fraction of sp³-hybridized carbons (Fsp3) is 0.500. The van der Waals surface area contributed by atoms with Crippen LogP contribution in [0.15, 0.2) is 18.2 Å². The van der Waals surface area contributed by atoms with E-state index in [-0.39, 0.29) is 23.0 Å². The molecule has 1 fully saturated rings. The fourth-order valence-corrected chi connectivity index (χ4v) is 4.22. The summed E-state index contributed by atoms with van der Waals surface area (Å²) >= 11 is 2.11. The van der Waals surface area contributed by atoms with E-state index in [1.807, 2.05) is 33.8 Å². The largest absolute Gasteiger partial charge is 0.489 e. The van der Waals surface area contributed by atoms with Gasteiger partial charge in [-0.25, -0.2) is 4.79 Å². The zero-order valence-electron chi connectivity index (χ0n) is 13.0. The second kappa shape index (κ2) is 5.61. The van der Waals surface area contributed by atoms with E-state index in [1.165, 1.54) is 0 Å². The van der Waals surface area contributed by atoms with Crippen LogP contribution in [0.5, 0.6) is 5.75 Å². The van der Waals surface area contributed by atoms with Crippen LogP contribution in [-0.2, 0) is 4.74 Å². The molecule has 1 aromatic carbocycles. The Morgan fingerprint density at radius 1 is 1.27 bits per heavy atom. The van der Waals surface area contributed by atoms with Gasteiger partial charge in [-0.2, -0.15) is 5.26 Å². The standard InChI is InChI=1S/C16H19IN2O3/c1-15(2)12(16(3,4)13(15)22-14(19)20)21-10-6-5-9(8-18)11(17)7-10/h5-7,12-13H,1-4H3,(H2,19,20). The summed E-state index contributed by atoms with van der Waals surface area (Å²) in [5.41, 5.74) is 5.08. The molecular formula is C16H19IN2O3. The average molecular weight is 414 g/mol. The molecule has 1 aliphatic carbocycles. The van der Waals surface area contributed by atoms with Gasteiger partial charge in [0.05, 0.1) is 5.56 Å². The topological polar surface area (TPSA) is 85.3 Å². The van der Waals surface area contributed by atoms with Crippen LogP contribution in [0.4, 0.5) is 4.79 Å². The number of hydrogen-bond donors (Lipinski definition) is 1. The zero-order chi connectivity index (χ0) is 16.7. The van der Waals surface area contributed by atoms with Crippen LogP contribution >= 0.6 is 22.6 Å². The maximum atomic E-state index is 11.1. The first-order chi connectivity index (χ1) is 10.1. The number of nitrogens with two attached hydrogens (primary N) is 1. The van der Waals surface area contributed by atoms with Gasteiger partial charge in [-0.05, 0) is 40.8 Å². The van der Waals surface area contributed by atoms with E-state index in [9.17, 15) is 4.79 Å². The van der Waals surface area contributed by atoms with Crippen LogP contribution in [0.2, 0.25) is 0 Å². The van der Waals surface area contributed by atoms with Crippen LogP contribution in [-0.4, -0.2) is 18.3 Å². The third kappa shape index (κ3) is 2.74. The second-order valence-electron chi connectivity index (χ2n) is 6.71. The van der Waals surface area contributed by atoms with E-state index in [0.29, 0.717) is 11.3 Å². The van der Waals surface area contributed by atoms with E-state index < -0.39 is 6.09 Å². The van der Waals surface area contributed by atoms with Crippen molar-refractivity contribution >= 4 is 28.7 Å². The van der Waals surface area contributed by atoms with E-state index in [1.54, 1.807) is 12.1 Å². The Balaban J connectivity index is 2.22. The lowest BCUT2D eigenvalue weighted by atomic mass is 9.51. The van der Waals surface area contributed by atoms with Gasteiger partial charge in [0.1, 0.15) is 24.0 Å². The second-order valence-corrected chi connectivity index (χ2v) is 7.87. The molecular weight excluding hydrogens is 395 g/mol. The summed E-state index contributed by atoms with van der Waals surface area (Å²) in [5, 5.41) is 8.98. The number of primary amides is 1. The number of nitrogens with zero attached hydrogens (tertiary/aromatic N) is 1. The van der Waals surface area contributed by atoms with Crippen molar-refractivity contribution < 1.29 is 14.3 Å². The Morgan fingerprint density at radius 3 is 2.32 bits per heavy atom. The lowest BCUT2D eigenvalue weighted by Gasteiger charge is -2.61. The van der Waals surface area contributed by atoms with Gasteiger partial charge in [0.2, 0.25) is 0 Å². The fourth-order valence-electron chi connectivity index (χ4n) is 3.62. The molecule has 5 nitrogen and oxygen atoms in total. The van der Waals surface area contributed by atoms with Gasteiger partial charge in [0.25, 0.3) is 0 Å². The average Bonchev–Trinajstić information content (AvgIpc) is 2.41. The molecule has 0 unspecified atom stereocenters. The highest BCUT2D eigenvalue weighted by atomic mass is 127. The summed E-state index contributed by atoms with van der Waals surface area (Å²) in [4.78, 5) is 11.1. The first-order valence-electron chi connectivity index (χ1n) is 6.93. The summed E-state index contributed by atoms with van der Waals surface area (Å²) in [6.45, 7) is 7.96. The number of amides is 1. The highest BCUT2D eigenvalue weighted by molar-refractivity contribution is 14.1. The van der Waals surface area contributed by atoms with E-state index in [2.05, 4.69) is 28.7 Å². The third-order valence-electron chi connectivity index (χ3n) is 4.25. The zero-order valence-corrected chi connectivity index (χ0v) is 15.2. The Morgan fingerprint density at radius 2 is 1.86 bits per heavy atom. The van der Waals surface area contributed by atoms with Gasteiger partial charge in [0, 0.05) is 14.4 Å². The summed E-state index contributed by atoms with van der Waals surface area (Å²) in [6.07, 6.45) is -1.20. The lowest BCUT2D eigenvalue weighted by Crippen LogP contribution is -2.70. The molecule has 2 rings (SSSR count). The summed E-state index contributed by atoms with van der Waals surface area (Å²) in [5.74, 6) is 0.701. The molecule has 22 heavy (non-hydrogen) atoms. The van der Waals surface area contributed by atoms with Crippen LogP contribution < -0.4 is 10.5 Å². The minimum atomic E-state index is -0.766. The van der Waals surface area contributed by atoms with Gasteiger partial charge in [0.15, 0.2) is 0 Å². The van der Waals surface area contributed by atoms with Crippen molar-refractivity contribution in [3.05, 3.63) is 27.3 Å². The normalized spacial score (nSPS) is 24.7. The predicted octanol–water partition coefficient (Wildman–Crippen LogP) is 3.44. The van der Waals surface area contributed by atoms with Crippen molar-refractivity contribution in [1.29, 1.82) is 5.26 Å². The number of ether oxygens (including phenoxy) is 2. The maximum absolute atomic E-state index is 11.1. The summed E-state index contributed by atoms with van der Waals surface area (Å²) in [7, 11) is 0. The Kier molecular flexibility index (Phi) is 4.30. The Labute approximate surface area is 143 Å². The molecule has 0 heterocycles. The molecule has 1 aromatic rings. The minimum absolute atomic E-state index is 0.131. The van der Waals surface area contributed by atoms with Crippen molar-refractivity contribution in [2.24, 2.45) is 16.6 Å². The first-order valence-corrected chi connectivity index (χ1v) is 8.01. The number of benzene rings is 1. The molecule has 2 N–H and O–H groups in total. The molecule has 0 saturated heterocycles. The lowest BCUT2D eigenvalue weighted by molar-refractivity contribution is -0.234. The van der Waals surface area contributed by atoms with E-state index >= 15 is 0 Å². The van der Waals surface area contributed by atoms with Crippen molar-refractivity contribution in [2.45, 2.75) is 39.9 Å². The third-order valence-corrected chi connectivity index (χ3v) is 5.14. The predicted molar refractivity (Wildman–Crippen MR) is 90.3 cm³/mol. The van der Waals surface area contributed by atoms with E-state index in [4.69, 9.17) is 20.5 Å². The van der Waals surface area contributed by atoms with Gasteiger partial charge in [-0.3, -0.25) is 0 Å². The molecule has 0 atom stereocenters. The van der Waals surface area contributed by atoms with Crippen LogP contribution in [0, 0.1) is 25.7 Å². The molecule has 1 aliphatic rings.